The van der Waals surface area contributed by atoms with Crippen LogP contribution in [-0.2, 0) is 4.79 Å². The molecule has 0 aliphatic carbocycles. The molecule has 0 spiro atoms. The second kappa shape index (κ2) is 9.72. The lowest BCUT2D eigenvalue weighted by Gasteiger charge is -2.19. The Hall–Kier alpha value is -2.49. The maximum atomic E-state index is 12.2. The van der Waals surface area contributed by atoms with Crippen LogP contribution < -0.4 is 14.8 Å². The SMILES string of the molecule is CC[C@@H](NC(=O)CCCOc1ccccc1)c1ccc(OC)c(C)c1. The van der Waals surface area contributed by atoms with Crippen molar-refractivity contribution in [3.05, 3.63) is 59.7 Å². The third-order valence-corrected chi connectivity index (χ3v) is 4.12. The summed E-state index contributed by atoms with van der Waals surface area (Å²) in [7, 11) is 1.67. The Labute approximate surface area is 150 Å². The number of aryl methyl sites for hydroxylation is 1. The first-order valence-electron chi connectivity index (χ1n) is 8.75. The van der Waals surface area contributed by atoms with E-state index in [4.69, 9.17) is 9.47 Å². The summed E-state index contributed by atoms with van der Waals surface area (Å²) in [6.45, 7) is 4.62. The van der Waals surface area contributed by atoms with Gasteiger partial charge in [0.25, 0.3) is 0 Å². The van der Waals surface area contributed by atoms with Crippen LogP contribution in [0.5, 0.6) is 11.5 Å². The maximum absolute atomic E-state index is 12.2. The molecule has 2 rings (SSSR count). The molecule has 0 bridgehead atoms. The minimum atomic E-state index is 0.0205. The van der Waals surface area contributed by atoms with E-state index in [9.17, 15) is 4.79 Å². The van der Waals surface area contributed by atoms with Gasteiger partial charge in [-0.1, -0.05) is 37.3 Å². The second-order valence-electron chi connectivity index (χ2n) is 6.02. The van der Waals surface area contributed by atoms with E-state index in [0.717, 1.165) is 29.0 Å². The predicted molar refractivity (Wildman–Crippen MR) is 100 cm³/mol. The molecule has 25 heavy (non-hydrogen) atoms. The van der Waals surface area contributed by atoms with E-state index in [0.29, 0.717) is 19.4 Å². The van der Waals surface area contributed by atoms with Crippen molar-refractivity contribution in [1.29, 1.82) is 0 Å². The third-order valence-electron chi connectivity index (χ3n) is 4.12. The molecule has 2 aromatic carbocycles. The summed E-state index contributed by atoms with van der Waals surface area (Å²) >= 11 is 0. The Bertz CT molecular complexity index is 670. The summed E-state index contributed by atoms with van der Waals surface area (Å²) in [6.07, 6.45) is 2.00. The number of carbonyl (C=O) groups excluding carboxylic acids is 1. The Morgan fingerprint density at radius 2 is 1.92 bits per heavy atom. The lowest BCUT2D eigenvalue weighted by atomic mass is 10.0. The molecule has 134 valence electrons. The van der Waals surface area contributed by atoms with Crippen LogP contribution in [0.3, 0.4) is 0 Å². The molecule has 0 radical (unpaired) electrons. The Morgan fingerprint density at radius 3 is 2.56 bits per heavy atom. The van der Waals surface area contributed by atoms with Gasteiger partial charge in [0.05, 0.1) is 19.8 Å². The highest BCUT2D eigenvalue weighted by Gasteiger charge is 2.13. The summed E-state index contributed by atoms with van der Waals surface area (Å²) in [5.74, 6) is 1.75. The average molecular weight is 341 g/mol. The van der Waals surface area contributed by atoms with Gasteiger partial charge in [-0.25, -0.2) is 0 Å². The van der Waals surface area contributed by atoms with E-state index in [1.165, 1.54) is 0 Å². The normalized spacial score (nSPS) is 11.6. The van der Waals surface area contributed by atoms with Crippen LogP contribution >= 0.6 is 0 Å². The van der Waals surface area contributed by atoms with Gasteiger partial charge in [-0.05, 0) is 49.1 Å². The van der Waals surface area contributed by atoms with E-state index in [1.54, 1.807) is 7.11 Å². The van der Waals surface area contributed by atoms with Crippen LogP contribution in [0.4, 0.5) is 0 Å². The quantitative estimate of drug-likeness (QED) is 0.686. The number of nitrogens with one attached hydrogen (secondary N) is 1. The molecule has 4 nitrogen and oxygen atoms in total. The van der Waals surface area contributed by atoms with Gasteiger partial charge in [0.1, 0.15) is 11.5 Å². The molecule has 1 N–H and O–H groups in total. The maximum Gasteiger partial charge on any atom is 0.220 e. The number of carbonyl (C=O) groups is 1. The first kappa shape index (κ1) is 18.8. The van der Waals surface area contributed by atoms with E-state index in [-0.39, 0.29) is 11.9 Å². The number of hydrogen-bond acceptors (Lipinski definition) is 3. The average Bonchev–Trinajstić information content (AvgIpc) is 2.64. The summed E-state index contributed by atoms with van der Waals surface area (Å²) in [6, 6.07) is 15.7. The first-order chi connectivity index (χ1) is 12.1. The van der Waals surface area contributed by atoms with Crippen molar-refractivity contribution >= 4 is 5.91 Å². The van der Waals surface area contributed by atoms with Crippen molar-refractivity contribution in [2.75, 3.05) is 13.7 Å². The van der Waals surface area contributed by atoms with Gasteiger partial charge in [-0.2, -0.15) is 0 Å². The Kier molecular flexibility index (Phi) is 7.33. The van der Waals surface area contributed by atoms with E-state index in [2.05, 4.69) is 18.3 Å². The van der Waals surface area contributed by atoms with Crippen LogP contribution in [0.2, 0.25) is 0 Å². The standard InChI is InChI=1S/C21H27NO3/c1-4-19(17-12-13-20(24-3)16(2)15-17)22-21(23)11-8-14-25-18-9-6-5-7-10-18/h5-7,9-10,12-13,15,19H,4,8,11,14H2,1-3H3,(H,22,23)/t19-/m1/s1. The lowest BCUT2D eigenvalue weighted by Crippen LogP contribution is -2.28. The van der Waals surface area contributed by atoms with Crippen LogP contribution in [0.25, 0.3) is 0 Å². The van der Waals surface area contributed by atoms with E-state index < -0.39 is 0 Å². The minimum absolute atomic E-state index is 0.0205. The molecule has 0 saturated heterocycles. The summed E-state index contributed by atoms with van der Waals surface area (Å²) in [5, 5.41) is 3.11. The number of para-hydroxylation sites is 1. The molecule has 0 heterocycles. The fourth-order valence-corrected chi connectivity index (χ4v) is 2.75. The van der Waals surface area contributed by atoms with Crippen molar-refractivity contribution in [2.45, 2.75) is 39.2 Å². The highest BCUT2D eigenvalue weighted by Crippen LogP contribution is 2.24. The van der Waals surface area contributed by atoms with Gasteiger partial charge >= 0.3 is 0 Å². The van der Waals surface area contributed by atoms with Crippen molar-refractivity contribution in [3.8, 4) is 11.5 Å². The monoisotopic (exact) mass is 341 g/mol. The van der Waals surface area contributed by atoms with Gasteiger partial charge in [0, 0.05) is 6.42 Å². The lowest BCUT2D eigenvalue weighted by molar-refractivity contribution is -0.122. The van der Waals surface area contributed by atoms with Crippen molar-refractivity contribution in [1.82, 2.24) is 5.32 Å². The number of methoxy groups -OCH3 is 1. The van der Waals surface area contributed by atoms with Gasteiger partial charge < -0.3 is 14.8 Å². The van der Waals surface area contributed by atoms with Crippen LogP contribution in [0.15, 0.2) is 48.5 Å². The highest BCUT2D eigenvalue weighted by atomic mass is 16.5. The molecule has 0 saturated carbocycles. The molecule has 4 heteroatoms. The topological polar surface area (TPSA) is 47.6 Å². The minimum Gasteiger partial charge on any atom is -0.496 e. The number of rotatable bonds is 9. The third kappa shape index (κ3) is 5.82. The van der Waals surface area contributed by atoms with Gasteiger partial charge in [-0.15, -0.1) is 0 Å². The molecular weight excluding hydrogens is 314 g/mol. The molecule has 1 atom stereocenters. The number of ether oxygens (including phenoxy) is 2. The largest absolute Gasteiger partial charge is 0.496 e. The van der Waals surface area contributed by atoms with Gasteiger partial charge in [-0.3, -0.25) is 4.79 Å². The van der Waals surface area contributed by atoms with Crippen LogP contribution in [0, 0.1) is 6.92 Å². The van der Waals surface area contributed by atoms with E-state index in [1.807, 2.05) is 49.4 Å². The smallest absolute Gasteiger partial charge is 0.220 e. The zero-order chi connectivity index (χ0) is 18.1. The van der Waals surface area contributed by atoms with Crippen LogP contribution in [0.1, 0.15) is 43.4 Å². The summed E-state index contributed by atoms with van der Waals surface area (Å²) < 4.78 is 10.9. The number of hydrogen-bond donors (Lipinski definition) is 1. The fraction of sp³-hybridized carbons (Fsp3) is 0.381. The van der Waals surface area contributed by atoms with Gasteiger partial charge in [0.15, 0.2) is 0 Å². The molecule has 0 aromatic heterocycles. The molecule has 2 aromatic rings. The predicted octanol–water partition coefficient (Wildman–Crippen LogP) is 4.43. The van der Waals surface area contributed by atoms with Crippen LogP contribution in [-0.4, -0.2) is 19.6 Å². The summed E-state index contributed by atoms with van der Waals surface area (Å²) in [5.41, 5.74) is 2.18. The zero-order valence-corrected chi connectivity index (χ0v) is 15.2. The number of benzene rings is 2. The highest BCUT2D eigenvalue weighted by molar-refractivity contribution is 5.76. The molecular formula is C21H27NO3. The Balaban J connectivity index is 1.80. The zero-order valence-electron chi connectivity index (χ0n) is 15.2. The molecule has 0 unspecified atom stereocenters. The van der Waals surface area contributed by atoms with Crippen molar-refractivity contribution in [3.63, 3.8) is 0 Å². The molecule has 0 fully saturated rings. The van der Waals surface area contributed by atoms with E-state index >= 15 is 0 Å². The first-order valence-corrected chi connectivity index (χ1v) is 8.75. The fourth-order valence-electron chi connectivity index (χ4n) is 2.75. The molecule has 0 aliphatic rings. The van der Waals surface area contributed by atoms with Gasteiger partial charge in [0.2, 0.25) is 5.91 Å². The summed E-state index contributed by atoms with van der Waals surface area (Å²) in [4.78, 5) is 12.2. The second-order valence-corrected chi connectivity index (χ2v) is 6.02. The molecule has 0 aliphatic heterocycles. The Morgan fingerprint density at radius 1 is 1.16 bits per heavy atom. The van der Waals surface area contributed by atoms with Crippen molar-refractivity contribution < 1.29 is 14.3 Å². The number of amides is 1. The van der Waals surface area contributed by atoms with Crippen molar-refractivity contribution in [2.24, 2.45) is 0 Å². The molecule has 1 amide bonds.